The molecule has 8 nitrogen and oxygen atoms in total. The van der Waals surface area contributed by atoms with Gasteiger partial charge in [-0.05, 0) is 31.4 Å². The van der Waals surface area contributed by atoms with Crippen molar-refractivity contribution in [1.29, 1.82) is 0 Å². The standard InChI is InChI=1S/C13H15N5O3/c1-9-6-10(2-5-12(9)18(20)21)7-16-13(8-19)17(15-14-16)11-3-4-11/h2,5-6,8,11,13H,3-4,7H2,1H3. The van der Waals surface area contributed by atoms with Crippen molar-refractivity contribution < 1.29 is 9.72 Å². The second kappa shape index (κ2) is 5.12. The van der Waals surface area contributed by atoms with Gasteiger partial charge < -0.3 is 0 Å². The van der Waals surface area contributed by atoms with E-state index in [-0.39, 0.29) is 5.69 Å². The molecule has 0 aromatic heterocycles. The molecule has 0 N–H and O–H groups in total. The van der Waals surface area contributed by atoms with Crippen molar-refractivity contribution in [2.24, 2.45) is 10.4 Å². The molecule has 1 aromatic carbocycles. The number of nitro groups is 1. The van der Waals surface area contributed by atoms with E-state index in [0.29, 0.717) is 18.2 Å². The highest BCUT2D eigenvalue weighted by Gasteiger charge is 2.39. The Balaban J connectivity index is 1.74. The number of hydrogen-bond acceptors (Lipinski definition) is 7. The second-order valence-corrected chi connectivity index (χ2v) is 5.32. The van der Waals surface area contributed by atoms with E-state index < -0.39 is 11.1 Å². The summed E-state index contributed by atoms with van der Waals surface area (Å²) in [5, 5.41) is 22.2. The normalized spacial score (nSPS) is 20.9. The van der Waals surface area contributed by atoms with Crippen LogP contribution in [0.25, 0.3) is 0 Å². The molecule has 8 heteroatoms. The van der Waals surface area contributed by atoms with Crippen molar-refractivity contribution in [3.05, 3.63) is 39.4 Å². The minimum Gasteiger partial charge on any atom is -0.299 e. The first-order valence-electron chi connectivity index (χ1n) is 6.76. The zero-order chi connectivity index (χ0) is 15.0. The molecule has 1 atom stereocenters. The summed E-state index contributed by atoms with van der Waals surface area (Å²) in [5.41, 5.74) is 1.55. The van der Waals surface area contributed by atoms with Crippen molar-refractivity contribution in [3.63, 3.8) is 0 Å². The minimum atomic E-state index is -0.479. The summed E-state index contributed by atoms with van der Waals surface area (Å²) in [6.45, 7) is 2.09. The van der Waals surface area contributed by atoms with E-state index >= 15 is 0 Å². The fourth-order valence-corrected chi connectivity index (χ4v) is 2.43. The summed E-state index contributed by atoms with van der Waals surface area (Å²) < 4.78 is 0. The maximum atomic E-state index is 11.3. The Morgan fingerprint density at radius 3 is 2.76 bits per heavy atom. The van der Waals surface area contributed by atoms with E-state index in [2.05, 4.69) is 10.4 Å². The van der Waals surface area contributed by atoms with E-state index in [9.17, 15) is 14.9 Å². The predicted molar refractivity (Wildman–Crippen MR) is 72.9 cm³/mol. The fraction of sp³-hybridized carbons (Fsp3) is 0.462. The molecule has 1 aliphatic heterocycles. The number of aldehydes is 1. The molecule has 0 saturated heterocycles. The van der Waals surface area contributed by atoms with Crippen LogP contribution in [-0.4, -0.2) is 33.4 Å². The van der Waals surface area contributed by atoms with Crippen LogP contribution in [0.4, 0.5) is 5.69 Å². The van der Waals surface area contributed by atoms with Crippen LogP contribution < -0.4 is 0 Å². The molecular weight excluding hydrogens is 274 g/mol. The van der Waals surface area contributed by atoms with Crippen molar-refractivity contribution >= 4 is 12.0 Å². The highest BCUT2D eigenvalue weighted by molar-refractivity contribution is 5.57. The van der Waals surface area contributed by atoms with Gasteiger partial charge in [-0.1, -0.05) is 16.5 Å². The summed E-state index contributed by atoms with van der Waals surface area (Å²) in [6.07, 6.45) is 2.42. The van der Waals surface area contributed by atoms with Gasteiger partial charge in [-0.25, -0.2) is 10.0 Å². The zero-order valence-electron chi connectivity index (χ0n) is 11.5. The summed E-state index contributed by atoms with van der Waals surface area (Å²) in [5.74, 6) is 0. The third kappa shape index (κ3) is 2.56. The molecule has 1 saturated carbocycles. The number of benzene rings is 1. The number of hydrogen-bond donors (Lipinski definition) is 0. The molecule has 110 valence electrons. The average Bonchev–Trinajstić information content (AvgIpc) is 3.20. The Morgan fingerprint density at radius 1 is 1.43 bits per heavy atom. The Hall–Kier alpha value is -2.51. The predicted octanol–water partition coefficient (Wildman–Crippen LogP) is 1.99. The highest BCUT2D eigenvalue weighted by Crippen LogP contribution is 2.33. The van der Waals surface area contributed by atoms with Crippen LogP contribution >= 0.6 is 0 Å². The van der Waals surface area contributed by atoms with E-state index in [1.165, 1.54) is 6.07 Å². The molecule has 2 aliphatic rings. The summed E-state index contributed by atoms with van der Waals surface area (Å²) in [7, 11) is 0. The summed E-state index contributed by atoms with van der Waals surface area (Å²) >= 11 is 0. The van der Waals surface area contributed by atoms with Gasteiger partial charge in [0.15, 0.2) is 12.5 Å². The lowest BCUT2D eigenvalue weighted by Gasteiger charge is -2.23. The monoisotopic (exact) mass is 289 g/mol. The van der Waals surface area contributed by atoms with Crippen molar-refractivity contribution in [1.82, 2.24) is 10.0 Å². The Bertz CT molecular complexity index is 614. The van der Waals surface area contributed by atoms with Crippen molar-refractivity contribution in [2.75, 3.05) is 0 Å². The maximum absolute atomic E-state index is 11.3. The van der Waals surface area contributed by atoms with Crippen LogP contribution in [-0.2, 0) is 11.3 Å². The lowest BCUT2D eigenvalue weighted by molar-refractivity contribution is -0.385. The van der Waals surface area contributed by atoms with Crippen LogP contribution in [0.5, 0.6) is 0 Å². The lowest BCUT2D eigenvalue weighted by Crippen LogP contribution is -2.40. The van der Waals surface area contributed by atoms with Gasteiger partial charge >= 0.3 is 0 Å². The van der Waals surface area contributed by atoms with Gasteiger partial charge in [-0.3, -0.25) is 14.9 Å². The largest absolute Gasteiger partial charge is 0.299 e. The van der Waals surface area contributed by atoms with Crippen molar-refractivity contribution in [2.45, 2.75) is 38.5 Å². The number of nitrogens with zero attached hydrogens (tertiary/aromatic N) is 5. The third-order valence-electron chi connectivity index (χ3n) is 3.68. The molecule has 0 spiro atoms. The smallest absolute Gasteiger partial charge is 0.272 e. The molecular formula is C13H15N5O3. The Morgan fingerprint density at radius 2 is 2.19 bits per heavy atom. The van der Waals surface area contributed by atoms with Crippen LogP contribution in [0, 0.1) is 17.0 Å². The molecule has 1 heterocycles. The zero-order valence-corrected chi connectivity index (χ0v) is 11.5. The number of nitro benzene ring substituents is 1. The molecule has 3 rings (SSSR count). The second-order valence-electron chi connectivity index (χ2n) is 5.32. The molecule has 21 heavy (non-hydrogen) atoms. The maximum Gasteiger partial charge on any atom is 0.272 e. The van der Waals surface area contributed by atoms with E-state index in [1.807, 2.05) is 0 Å². The SMILES string of the molecule is Cc1cc(CN2N=NN(C3CC3)C2C=O)ccc1[N+](=O)[O-]. The van der Waals surface area contributed by atoms with Gasteiger partial charge in [0.25, 0.3) is 5.69 Å². The average molecular weight is 289 g/mol. The third-order valence-corrected chi connectivity index (χ3v) is 3.68. The van der Waals surface area contributed by atoms with Crippen LogP contribution in [0.2, 0.25) is 0 Å². The molecule has 0 amide bonds. The minimum absolute atomic E-state index is 0.0911. The molecule has 1 aliphatic carbocycles. The number of carbonyl (C=O) groups excluding carboxylic acids is 1. The van der Waals surface area contributed by atoms with E-state index in [0.717, 1.165) is 24.7 Å². The topological polar surface area (TPSA) is 91.4 Å². The van der Waals surface area contributed by atoms with Gasteiger partial charge in [0.2, 0.25) is 0 Å². The number of aryl methyl sites for hydroxylation is 1. The first-order valence-corrected chi connectivity index (χ1v) is 6.76. The van der Waals surface area contributed by atoms with E-state index in [4.69, 9.17) is 0 Å². The van der Waals surface area contributed by atoms with Gasteiger partial charge in [0.1, 0.15) is 0 Å². The molecule has 0 bridgehead atoms. The van der Waals surface area contributed by atoms with Crippen LogP contribution in [0.1, 0.15) is 24.0 Å². The Labute approximate surface area is 121 Å². The van der Waals surface area contributed by atoms with Gasteiger partial charge in [0, 0.05) is 11.6 Å². The lowest BCUT2D eigenvalue weighted by atomic mass is 10.1. The van der Waals surface area contributed by atoms with Gasteiger partial charge in [0.05, 0.1) is 17.5 Å². The quantitative estimate of drug-likeness (QED) is 0.469. The van der Waals surface area contributed by atoms with Crippen LogP contribution in [0.3, 0.4) is 0 Å². The summed E-state index contributed by atoms with van der Waals surface area (Å²) in [6, 6.07) is 5.22. The molecule has 1 fully saturated rings. The fourth-order valence-electron chi connectivity index (χ4n) is 2.43. The molecule has 0 radical (unpaired) electrons. The Kier molecular flexibility index (Phi) is 3.28. The highest BCUT2D eigenvalue weighted by atomic mass is 16.6. The summed E-state index contributed by atoms with van der Waals surface area (Å²) in [4.78, 5) is 21.7. The molecule has 1 unspecified atom stereocenters. The van der Waals surface area contributed by atoms with Crippen molar-refractivity contribution in [3.8, 4) is 0 Å². The number of carbonyl (C=O) groups is 1. The first kappa shape index (κ1) is 13.5. The van der Waals surface area contributed by atoms with Crippen LogP contribution in [0.15, 0.2) is 28.6 Å². The van der Waals surface area contributed by atoms with Gasteiger partial charge in [-0.2, -0.15) is 0 Å². The van der Waals surface area contributed by atoms with Gasteiger partial charge in [-0.15, -0.1) is 0 Å². The number of rotatable bonds is 5. The van der Waals surface area contributed by atoms with E-state index in [1.54, 1.807) is 29.1 Å². The molecule has 1 aromatic rings. The first-order chi connectivity index (χ1) is 10.1.